The molecule has 3 heterocycles. The van der Waals surface area contributed by atoms with Crippen molar-refractivity contribution in [3.63, 3.8) is 0 Å². The lowest BCUT2D eigenvalue weighted by Crippen LogP contribution is -2.43. The van der Waals surface area contributed by atoms with Crippen molar-refractivity contribution in [1.29, 1.82) is 0 Å². The molecule has 0 radical (unpaired) electrons. The molecule has 1 aromatic carbocycles. The van der Waals surface area contributed by atoms with Crippen LogP contribution in [0.2, 0.25) is 0 Å². The van der Waals surface area contributed by atoms with Crippen LogP contribution in [0.4, 0.5) is 5.82 Å². The van der Waals surface area contributed by atoms with Gasteiger partial charge in [0, 0.05) is 30.9 Å². The predicted molar refractivity (Wildman–Crippen MR) is 129 cm³/mol. The Bertz CT molecular complexity index is 1120. The summed E-state index contributed by atoms with van der Waals surface area (Å²) in [4.78, 5) is 22.3. The standard InChI is InChI=1S/C23H29N7OS/c24-20(31)13-32-28-10-15-3-1-4-17(7-15)19-12-30(23-21(19)22(25)26-14-27-23)18-8-16(9-18)11-29-5-2-6-29/h1,3-4,7,12,14,16,18,28H,2,5-6,8-11,13H2,(H2,24,31)(H2,25,26,27). The summed E-state index contributed by atoms with van der Waals surface area (Å²) in [5.41, 5.74) is 15.7. The van der Waals surface area contributed by atoms with E-state index in [0.29, 0.717) is 18.4 Å². The average Bonchev–Trinajstić information content (AvgIpc) is 3.10. The lowest BCUT2D eigenvalue weighted by molar-refractivity contribution is -0.115. The van der Waals surface area contributed by atoms with E-state index in [4.69, 9.17) is 11.5 Å². The van der Waals surface area contributed by atoms with E-state index in [-0.39, 0.29) is 11.7 Å². The Morgan fingerprint density at radius 1 is 1.25 bits per heavy atom. The van der Waals surface area contributed by atoms with Gasteiger partial charge in [0.05, 0.1) is 11.1 Å². The highest BCUT2D eigenvalue weighted by molar-refractivity contribution is 7.98. The summed E-state index contributed by atoms with van der Waals surface area (Å²) < 4.78 is 5.50. The van der Waals surface area contributed by atoms with Crippen LogP contribution in [0.25, 0.3) is 22.2 Å². The van der Waals surface area contributed by atoms with Crippen molar-refractivity contribution in [3.05, 3.63) is 42.4 Å². The van der Waals surface area contributed by atoms with E-state index in [1.807, 2.05) is 6.07 Å². The fourth-order valence-corrected chi connectivity index (χ4v) is 5.23. The third-order valence-corrected chi connectivity index (χ3v) is 7.32. The third kappa shape index (κ3) is 4.32. The molecule has 2 fully saturated rings. The van der Waals surface area contributed by atoms with Gasteiger partial charge in [0.25, 0.3) is 0 Å². The minimum atomic E-state index is -0.331. The highest BCUT2D eigenvalue weighted by atomic mass is 32.2. The van der Waals surface area contributed by atoms with Gasteiger partial charge in [0.1, 0.15) is 17.8 Å². The summed E-state index contributed by atoms with van der Waals surface area (Å²) in [6.45, 7) is 4.38. The van der Waals surface area contributed by atoms with E-state index in [9.17, 15) is 4.79 Å². The number of amides is 1. The van der Waals surface area contributed by atoms with Crippen LogP contribution >= 0.6 is 11.9 Å². The molecule has 2 aliphatic rings. The van der Waals surface area contributed by atoms with Gasteiger partial charge in [-0.15, -0.1) is 0 Å². The Morgan fingerprint density at radius 3 is 2.84 bits per heavy atom. The summed E-state index contributed by atoms with van der Waals surface area (Å²) in [5, 5.41) is 0.923. The van der Waals surface area contributed by atoms with Crippen LogP contribution in [-0.4, -0.2) is 50.7 Å². The van der Waals surface area contributed by atoms with Crippen LogP contribution in [0.15, 0.2) is 36.8 Å². The molecule has 2 aromatic heterocycles. The number of benzene rings is 1. The van der Waals surface area contributed by atoms with Gasteiger partial charge in [0.15, 0.2) is 0 Å². The summed E-state index contributed by atoms with van der Waals surface area (Å²) in [5.74, 6) is 1.21. The minimum absolute atomic E-state index is 0.251. The smallest absolute Gasteiger partial charge is 0.228 e. The zero-order valence-corrected chi connectivity index (χ0v) is 18.9. The number of nitrogens with two attached hydrogens (primary N) is 2. The number of nitrogens with one attached hydrogen (secondary N) is 1. The Balaban J connectivity index is 1.37. The molecule has 0 unspecified atom stereocenters. The Morgan fingerprint density at radius 2 is 2.09 bits per heavy atom. The van der Waals surface area contributed by atoms with Gasteiger partial charge >= 0.3 is 0 Å². The van der Waals surface area contributed by atoms with Gasteiger partial charge in [-0.05, 0) is 55.5 Å². The number of anilines is 1. The molecule has 0 bridgehead atoms. The van der Waals surface area contributed by atoms with Crippen LogP contribution in [0.5, 0.6) is 0 Å². The molecule has 32 heavy (non-hydrogen) atoms. The molecule has 1 aliphatic heterocycles. The lowest BCUT2D eigenvalue weighted by Gasteiger charge is -2.42. The Hall–Kier alpha value is -2.62. The second-order valence-corrected chi connectivity index (χ2v) is 9.70. The van der Waals surface area contributed by atoms with Crippen molar-refractivity contribution >= 4 is 34.7 Å². The molecule has 1 saturated carbocycles. The maximum Gasteiger partial charge on any atom is 0.228 e. The molecule has 5 rings (SSSR count). The molecule has 168 valence electrons. The highest BCUT2D eigenvalue weighted by Crippen LogP contribution is 2.43. The van der Waals surface area contributed by atoms with E-state index >= 15 is 0 Å². The number of carbonyl (C=O) groups excluding carboxylic acids is 1. The summed E-state index contributed by atoms with van der Waals surface area (Å²) in [6.07, 6.45) is 7.48. The van der Waals surface area contributed by atoms with Crippen molar-refractivity contribution in [2.24, 2.45) is 11.7 Å². The zero-order valence-electron chi connectivity index (χ0n) is 18.0. The number of aromatic nitrogens is 3. The monoisotopic (exact) mass is 451 g/mol. The van der Waals surface area contributed by atoms with Crippen molar-refractivity contribution in [2.75, 3.05) is 31.1 Å². The molecule has 5 N–H and O–H groups in total. The first-order chi connectivity index (χ1) is 15.6. The van der Waals surface area contributed by atoms with Gasteiger partial charge in [-0.25, -0.2) is 9.97 Å². The van der Waals surface area contributed by atoms with Crippen molar-refractivity contribution in [3.8, 4) is 11.1 Å². The van der Waals surface area contributed by atoms with Crippen LogP contribution in [0, 0.1) is 5.92 Å². The van der Waals surface area contributed by atoms with Gasteiger partial charge in [-0.3, -0.25) is 9.52 Å². The van der Waals surface area contributed by atoms with E-state index in [1.165, 1.54) is 50.8 Å². The number of hydrogen-bond donors (Lipinski definition) is 3. The minimum Gasteiger partial charge on any atom is -0.383 e. The Labute approximate surface area is 191 Å². The average molecular weight is 452 g/mol. The predicted octanol–water partition coefficient (Wildman–Crippen LogP) is 2.56. The lowest BCUT2D eigenvalue weighted by atomic mass is 9.79. The van der Waals surface area contributed by atoms with Crippen LogP contribution in [0.1, 0.15) is 30.9 Å². The van der Waals surface area contributed by atoms with Gasteiger partial charge in [-0.1, -0.05) is 30.1 Å². The summed E-state index contributed by atoms with van der Waals surface area (Å²) in [7, 11) is 0. The van der Waals surface area contributed by atoms with Crippen molar-refractivity contribution in [2.45, 2.75) is 31.8 Å². The molecule has 1 saturated heterocycles. The second-order valence-electron chi connectivity index (χ2n) is 8.83. The van der Waals surface area contributed by atoms with Gasteiger partial charge in [0.2, 0.25) is 5.91 Å². The normalized spacial score (nSPS) is 20.8. The summed E-state index contributed by atoms with van der Waals surface area (Å²) in [6, 6.07) is 8.81. The fraction of sp³-hybridized carbons (Fsp3) is 0.435. The first kappa shape index (κ1) is 21.2. The van der Waals surface area contributed by atoms with Crippen molar-refractivity contribution < 1.29 is 4.79 Å². The number of hydrogen-bond acceptors (Lipinski definition) is 7. The SMILES string of the molecule is NC(=O)CSNCc1cccc(-c2cn(C3CC(CN4CCC4)C3)c3ncnc(N)c23)c1. The number of primary amides is 1. The van der Waals surface area contributed by atoms with E-state index in [2.05, 4.69) is 48.6 Å². The number of carbonyl (C=O) groups is 1. The van der Waals surface area contributed by atoms with Gasteiger partial charge in [-0.2, -0.15) is 0 Å². The number of rotatable bonds is 9. The van der Waals surface area contributed by atoms with Crippen LogP contribution in [0.3, 0.4) is 0 Å². The van der Waals surface area contributed by atoms with Crippen LogP contribution in [-0.2, 0) is 11.3 Å². The summed E-state index contributed by atoms with van der Waals surface area (Å²) >= 11 is 1.32. The maximum atomic E-state index is 10.9. The molecule has 1 aliphatic carbocycles. The fourth-order valence-electron chi connectivity index (χ4n) is 4.72. The zero-order chi connectivity index (χ0) is 22.1. The Kier molecular flexibility index (Phi) is 6.03. The molecule has 0 spiro atoms. The molecular formula is C23H29N7OS. The van der Waals surface area contributed by atoms with Crippen molar-refractivity contribution in [1.82, 2.24) is 24.2 Å². The van der Waals surface area contributed by atoms with Crippen LogP contribution < -0.4 is 16.2 Å². The first-order valence-corrected chi connectivity index (χ1v) is 12.1. The quantitative estimate of drug-likeness (QED) is 0.338. The molecule has 3 aromatic rings. The topological polar surface area (TPSA) is 115 Å². The number of nitrogen functional groups attached to an aromatic ring is 1. The van der Waals surface area contributed by atoms with E-state index < -0.39 is 0 Å². The number of likely N-dealkylation sites (tertiary alicyclic amines) is 1. The van der Waals surface area contributed by atoms with E-state index in [1.54, 1.807) is 6.33 Å². The number of fused-ring (bicyclic) bond motifs is 1. The molecule has 9 heteroatoms. The highest BCUT2D eigenvalue weighted by Gasteiger charge is 2.34. The molecule has 8 nitrogen and oxygen atoms in total. The van der Waals surface area contributed by atoms with Gasteiger partial charge < -0.3 is 20.9 Å². The second kappa shape index (κ2) is 9.09. The molecule has 1 amide bonds. The third-order valence-electron chi connectivity index (χ3n) is 6.54. The van der Waals surface area contributed by atoms with E-state index in [0.717, 1.165) is 33.6 Å². The maximum absolute atomic E-state index is 10.9. The molecular weight excluding hydrogens is 422 g/mol. The molecule has 0 atom stereocenters. The number of nitrogens with zero attached hydrogens (tertiary/aromatic N) is 4. The first-order valence-electron chi connectivity index (χ1n) is 11.1. The largest absolute Gasteiger partial charge is 0.383 e.